The summed E-state index contributed by atoms with van der Waals surface area (Å²) in [5, 5.41) is 0. The van der Waals surface area contributed by atoms with Crippen LogP contribution in [0.5, 0.6) is 0 Å². The summed E-state index contributed by atoms with van der Waals surface area (Å²) in [7, 11) is 2.00. The van der Waals surface area contributed by atoms with E-state index in [4.69, 9.17) is 0 Å². The molecular formula is C36H37F3N4O. The molecule has 5 nitrogen and oxygen atoms in total. The van der Waals surface area contributed by atoms with Crippen LogP contribution >= 0.6 is 0 Å². The highest BCUT2D eigenvalue weighted by Crippen LogP contribution is 2.30. The molecule has 4 aromatic rings. The van der Waals surface area contributed by atoms with E-state index in [0.717, 1.165) is 55.0 Å². The predicted octanol–water partition coefficient (Wildman–Crippen LogP) is 8.14. The highest BCUT2D eigenvalue weighted by Gasteiger charge is 2.31. The number of aromatic nitrogens is 1. The van der Waals surface area contributed by atoms with Gasteiger partial charge in [-0.1, -0.05) is 54.6 Å². The second kappa shape index (κ2) is 13.9. The van der Waals surface area contributed by atoms with E-state index in [1.54, 1.807) is 18.5 Å². The molecule has 1 unspecified atom stereocenters. The average molecular weight is 599 g/mol. The molecule has 0 saturated carbocycles. The van der Waals surface area contributed by atoms with Crippen molar-refractivity contribution in [2.24, 2.45) is 0 Å². The van der Waals surface area contributed by atoms with Gasteiger partial charge in [0.2, 0.25) is 5.91 Å². The van der Waals surface area contributed by atoms with Crippen LogP contribution in [0.4, 0.5) is 24.5 Å². The Labute approximate surface area is 257 Å². The van der Waals surface area contributed by atoms with Crippen LogP contribution < -0.4 is 4.90 Å². The van der Waals surface area contributed by atoms with Crippen molar-refractivity contribution in [1.82, 2.24) is 14.8 Å². The van der Waals surface area contributed by atoms with Crippen LogP contribution in [0, 0.1) is 0 Å². The summed E-state index contributed by atoms with van der Waals surface area (Å²) in [6, 6.07) is 27.7. The lowest BCUT2D eigenvalue weighted by Crippen LogP contribution is -2.47. The molecule has 228 valence electrons. The largest absolute Gasteiger partial charge is 0.416 e. The Bertz CT molecular complexity index is 1520. The zero-order chi connectivity index (χ0) is 31.1. The van der Waals surface area contributed by atoms with E-state index in [0.29, 0.717) is 12.1 Å². The number of nitrogens with zero attached hydrogens (tertiary/aromatic N) is 4. The summed E-state index contributed by atoms with van der Waals surface area (Å²) >= 11 is 0. The van der Waals surface area contributed by atoms with E-state index in [1.807, 2.05) is 54.4 Å². The number of carbonyl (C=O) groups excluding carboxylic acids is 1. The van der Waals surface area contributed by atoms with Crippen molar-refractivity contribution < 1.29 is 18.0 Å². The summed E-state index contributed by atoms with van der Waals surface area (Å²) in [5.41, 5.74) is 4.15. The first kappa shape index (κ1) is 31.0. The smallest absolute Gasteiger partial charge is 0.345 e. The predicted molar refractivity (Wildman–Crippen MR) is 169 cm³/mol. The van der Waals surface area contributed by atoms with Crippen molar-refractivity contribution in [2.75, 3.05) is 25.0 Å². The second-order valence-electron chi connectivity index (χ2n) is 11.2. The third kappa shape index (κ3) is 7.74. The summed E-state index contributed by atoms with van der Waals surface area (Å²) in [6.45, 7) is 4.38. The molecule has 1 atom stereocenters. The van der Waals surface area contributed by atoms with Crippen LogP contribution in [-0.4, -0.2) is 46.9 Å². The van der Waals surface area contributed by atoms with E-state index in [1.165, 1.54) is 23.8 Å². The minimum Gasteiger partial charge on any atom is -0.345 e. The Kier molecular flexibility index (Phi) is 9.80. The van der Waals surface area contributed by atoms with Crippen LogP contribution in [0.15, 0.2) is 109 Å². The molecule has 0 aliphatic carbocycles. The molecule has 3 aromatic carbocycles. The van der Waals surface area contributed by atoms with Gasteiger partial charge in [-0.15, -0.1) is 0 Å². The SMILES string of the molecule is CC(c1ccccc1)N1CCC(N(Cc2ccc(N(C)c3ccncc3)cc2)C(=O)C=Cc2ccc(C(F)(F)F)cc2)CC1. The summed E-state index contributed by atoms with van der Waals surface area (Å²) in [5.74, 6) is -0.155. The Balaban J connectivity index is 1.31. The van der Waals surface area contributed by atoms with Crippen LogP contribution in [0.25, 0.3) is 6.08 Å². The van der Waals surface area contributed by atoms with Gasteiger partial charge in [-0.05, 0) is 78.9 Å². The lowest BCUT2D eigenvalue weighted by Gasteiger charge is -2.40. The highest BCUT2D eigenvalue weighted by molar-refractivity contribution is 5.92. The third-order valence-electron chi connectivity index (χ3n) is 8.44. The van der Waals surface area contributed by atoms with E-state index >= 15 is 0 Å². The van der Waals surface area contributed by atoms with Gasteiger partial charge in [0.15, 0.2) is 0 Å². The topological polar surface area (TPSA) is 39.7 Å². The van der Waals surface area contributed by atoms with Gasteiger partial charge in [0.1, 0.15) is 0 Å². The number of pyridine rings is 1. The Hall–Kier alpha value is -4.43. The molecule has 1 fully saturated rings. The number of anilines is 2. The van der Waals surface area contributed by atoms with Crippen molar-refractivity contribution in [1.29, 1.82) is 0 Å². The molecule has 0 radical (unpaired) electrons. The van der Waals surface area contributed by atoms with Crippen molar-refractivity contribution in [3.63, 3.8) is 0 Å². The molecule has 2 heterocycles. The Morgan fingerprint density at radius 3 is 2.14 bits per heavy atom. The van der Waals surface area contributed by atoms with Gasteiger partial charge in [-0.2, -0.15) is 13.2 Å². The number of benzene rings is 3. The van der Waals surface area contributed by atoms with Crippen molar-refractivity contribution in [3.05, 3.63) is 132 Å². The molecule has 0 N–H and O–H groups in total. The van der Waals surface area contributed by atoms with Crippen molar-refractivity contribution >= 4 is 23.4 Å². The zero-order valence-electron chi connectivity index (χ0n) is 25.0. The van der Waals surface area contributed by atoms with Gasteiger partial charge < -0.3 is 9.80 Å². The number of likely N-dealkylation sites (tertiary alicyclic amines) is 1. The van der Waals surface area contributed by atoms with Gasteiger partial charge >= 0.3 is 6.18 Å². The molecule has 1 aromatic heterocycles. The maximum atomic E-state index is 13.7. The molecule has 8 heteroatoms. The number of piperidine rings is 1. The molecule has 44 heavy (non-hydrogen) atoms. The molecular weight excluding hydrogens is 561 g/mol. The Morgan fingerprint density at radius 1 is 0.909 bits per heavy atom. The number of carbonyl (C=O) groups is 1. The van der Waals surface area contributed by atoms with Crippen LogP contribution in [0.3, 0.4) is 0 Å². The molecule has 0 spiro atoms. The van der Waals surface area contributed by atoms with E-state index < -0.39 is 11.7 Å². The Morgan fingerprint density at radius 2 is 1.52 bits per heavy atom. The number of halogens is 3. The van der Waals surface area contributed by atoms with Gasteiger partial charge in [-0.25, -0.2) is 0 Å². The van der Waals surface area contributed by atoms with Crippen LogP contribution in [0.1, 0.15) is 48.1 Å². The second-order valence-corrected chi connectivity index (χ2v) is 11.2. The minimum atomic E-state index is -4.40. The fourth-order valence-electron chi connectivity index (χ4n) is 5.70. The monoisotopic (exact) mass is 598 g/mol. The van der Waals surface area contributed by atoms with Crippen LogP contribution in [-0.2, 0) is 17.5 Å². The fraction of sp³-hybridized carbons (Fsp3) is 0.278. The third-order valence-corrected chi connectivity index (χ3v) is 8.44. The summed E-state index contributed by atoms with van der Waals surface area (Å²) in [4.78, 5) is 24.2. The average Bonchev–Trinajstić information content (AvgIpc) is 3.06. The first-order valence-corrected chi connectivity index (χ1v) is 14.9. The van der Waals surface area contributed by atoms with Gasteiger partial charge in [0.05, 0.1) is 5.56 Å². The zero-order valence-corrected chi connectivity index (χ0v) is 25.0. The highest BCUT2D eigenvalue weighted by atomic mass is 19.4. The van der Waals surface area contributed by atoms with Crippen molar-refractivity contribution in [3.8, 4) is 0 Å². The number of rotatable bonds is 9. The van der Waals surface area contributed by atoms with Crippen LogP contribution in [0.2, 0.25) is 0 Å². The maximum Gasteiger partial charge on any atom is 0.416 e. The van der Waals surface area contributed by atoms with E-state index in [9.17, 15) is 18.0 Å². The lowest BCUT2D eigenvalue weighted by atomic mass is 9.98. The fourth-order valence-corrected chi connectivity index (χ4v) is 5.70. The van der Waals surface area contributed by atoms with Crippen molar-refractivity contribution in [2.45, 2.75) is 44.6 Å². The number of hydrogen-bond donors (Lipinski definition) is 0. The molecule has 1 aliphatic rings. The number of hydrogen-bond acceptors (Lipinski definition) is 4. The molecule has 1 aliphatic heterocycles. The summed E-state index contributed by atoms with van der Waals surface area (Å²) in [6.07, 6.45) is 3.85. The normalized spacial score (nSPS) is 15.3. The molecule has 1 amide bonds. The van der Waals surface area contributed by atoms with Gasteiger partial charge in [0.25, 0.3) is 0 Å². The summed E-state index contributed by atoms with van der Waals surface area (Å²) < 4.78 is 39.0. The molecule has 1 saturated heterocycles. The quantitative estimate of drug-likeness (QED) is 0.182. The van der Waals surface area contributed by atoms with Gasteiger partial charge in [-0.3, -0.25) is 14.7 Å². The lowest BCUT2D eigenvalue weighted by molar-refractivity contribution is -0.137. The van der Waals surface area contributed by atoms with E-state index in [2.05, 4.69) is 46.0 Å². The molecule has 0 bridgehead atoms. The molecule has 5 rings (SSSR count). The first-order valence-electron chi connectivity index (χ1n) is 14.9. The maximum absolute atomic E-state index is 13.7. The number of amides is 1. The van der Waals surface area contributed by atoms with E-state index in [-0.39, 0.29) is 18.0 Å². The van der Waals surface area contributed by atoms with Gasteiger partial charge in [0, 0.05) is 68.6 Å². The first-order chi connectivity index (χ1) is 21.2. The standard InChI is InChI=1S/C36H37F3N4O/c1-27(30-6-4-3-5-7-30)42-24-20-34(21-25-42)43(35(44)17-12-28-8-13-31(14-9-28)36(37,38)39)26-29-10-15-32(16-11-29)41(2)33-18-22-40-23-19-33/h3-19,22-23,27,34H,20-21,24-26H2,1-2H3. The minimum absolute atomic E-state index is 0.0400. The number of alkyl halides is 3.